The molecule has 0 aliphatic heterocycles. The average molecular weight is 468 g/mol. The number of aromatic nitrogens is 2. The Bertz CT molecular complexity index is 1380. The van der Waals surface area contributed by atoms with Crippen molar-refractivity contribution in [1.29, 1.82) is 0 Å². The number of fused-ring (bicyclic) bond motifs is 1. The van der Waals surface area contributed by atoms with Gasteiger partial charge in [0.2, 0.25) is 0 Å². The molecule has 0 aliphatic carbocycles. The summed E-state index contributed by atoms with van der Waals surface area (Å²) in [6.07, 6.45) is 0. The van der Waals surface area contributed by atoms with Crippen molar-refractivity contribution >= 4 is 38.8 Å². The van der Waals surface area contributed by atoms with Crippen molar-refractivity contribution in [2.24, 2.45) is 7.05 Å². The van der Waals surface area contributed by atoms with Crippen molar-refractivity contribution in [2.75, 3.05) is 26.6 Å². The molecule has 0 saturated heterocycles. The molecule has 11 heteroatoms. The molecule has 2 heterocycles. The van der Waals surface area contributed by atoms with Gasteiger partial charge in [0, 0.05) is 30.1 Å². The number of nitrogens with one attached hydrogen (secondary N) is 1. The maximum atomic E-state index is 13.0. The number of aryl methyl sites for hydroxylation is 1. The van der Waals surface area contributed by atoms with E-state index >= 15 is 0 Å². The van der Waals surface area contributed by atoms with E-state index in [2.05, 4.69) is 10.4 Å². The van der Waals surface area contributed by atoms with Crippen LogP contribution in [0.25, 0.3) is 21.5 Å². The number of nitro groups is 1. The van der Waals surface area contributed by atoms with E-state index in [9.17, 15) is 14.9 Å². The number of non-ortho nitro benzene ring substituents is 1. The van der Waals surface area contributed by atoms with Crippen LogP contribution in [0.5, 0.6) is 17.2 Å². The Morgan fingerprint density at radius 1 is 1.03 bits per heavy atom. The van der Waals surface area contributed by atoms with Crippen molar-refractivity contribution in [3.05, 3.63) is 57.5 Å². The van der Waals surface area contributed by atoms with Crippen molar-refractivity contribution in [1.82, 2.24) is 9.78 Å². The van der Waals surface area contributed by atoms with E-state index < -0.39 is 10.8 Å². The van der Waals surface area contributed by atoms with E-state index in [-0.39, 0.29) is 11.4 Å². The maximum absolute atomic E-state index is 13.0. The second-order valence-electron chi connectivity index (χ2n) is 6.97. The number of ether oxygens (including phenoxy) is 3. The molecule has 1 N–H and O–H groups in total. The smallest absolute Gasteiger partial charge is 0.271 e. The number of hydrogen-bond donors (Lipinski definition) is 1. The van der Waals surface area contributed by atoms with Gasteiger partial charge in [-0.15, -0.1) is 11.3 Å². The Kier molecular flexibility index (Phi) is 5.88. The fourth-order valence-electron chi connectivity index (χ4n) is 3.44. The molecule has 1 amide bonds. The minimum atomic E-state index is -0.532. The quantitative estimate of drug-likeness (QED) is 0.314. The predicted molar refractivity (Wildman–Crippen MR) is 125 cm³/mol. The summed E-state index contributed by atoms with van der Waals surface area (Å²) in [5, 5.41) is 19.2. The lowest BCUT2D eigenvalue weighted by Crippen LogP contribution is -2.11. The minimum absolute atomic E-state index is 0.151. The number of benzene rings is 2. The van der Waals surface area contributed by atoms with Crippen LogP contribution < -0.4 is 19.5 Å². The normalized spacial score (nSPS) is 10.8. The molecule has 4 rings (SSSR count). The molecular formula is C22H20N4O6S. The Morgan fingerprint density at radius 2 is 1.73 bits per heavy atom. The molecule has 0 unspecified atom stereocenters. The maximum Gasteiger partial charge on any atom is 0.271 e. The molecule has 0 atom stereocenters. The summed E-state index contributed by atoms with van der Waals surface area (Å²) in [5.74, 6) is 1.08. The van der Waals surface area contributed by atoms with Gasteiger partial charge in [0.15, 0.2) is 11.5 Å². The molecule has 0 saturated carbocycles. The van der Waals surface area contributed by atoms with Gasteiger partial charge in [0.25, 0.3) is 11.6 Å². The third-order valence-corrected chi connectivity index (χ3v) is 6.24. The molecule has 170 valence electrons. The largest absolute Gasteiger partial charge is 0.495 e. The van der Waals surface area contributed by atoms with E-state index in [0.29, 0.717) is 27.8 Å². The van der Waals surface area contributed by atoms with E-state index in [1.165, 1.54) is 36.6 Å². The lowest BCUT2D eigenvalue weighted by Gasteiger charge is -2.09. The molecular weight excluding hydrogens is 448 g/mol. The van der Waals surface area contributed by atoms with Crippen molar-refractivity contribution in [3.63, 3.8) is 0 Å². The van der Waals surface area contributed by atoms with Crippen LogP contribution >= 0.6 is 11.3 Å². The zero-order chi connectivity index (χ0) is 23.7. The first-order valence-corrected chi connectivity index (χ1v) is 10.5. The van der Waals surface area contributed by atoms with Gasteiger partial charge in [-0.2, -0.15) is 5.10 Å². The first-order valence-electron chi connectivity index (χ1n) is 9.69. The third-order valence-electron chi connectivity index (χ3n) is 5.03. The molecule has 0 bridgehead atoms. The highest BCUT2D eigenvalue weighted by Crippen LogP contribution is 2.38. The van der Waals surface area contributed by atoms with Gasteiger partial charge in [-0.3, -0.25) is 19.6 Å². The summed E-state index contributed by atoms with van der Waals surface area (Å²) in [7, 11) is 6.35. The SMILES string of the molecule is COc1ccc([N+](=O)[O-])cc1NC(=O)c1cc2c(-c3ccc(OC)c(OC)c3)nn(C)c2s1. The second-order valence-corrected chi connectivity index (χ2v) is 8.00. The second kappa shape index (κ2) is 8.79. The van der Waals surface area contributed by atoms with Crippen LogP contribution in [0.4, 0.5) is 11.4 Å². The standard InChI is InChI=1S/C22H20N4O6S/c1-25-22-14(20(24-25)12-5-7-17(31-3)18(9-12)32-4)11-19(33-22)21(27)23-15-10-13(26(28)29)6-8-16(15)30-2/h5-11H,1-4H3,(H,23,27). The summed E-state index contributed by atoms with van der Waals surface area (Å²) in [4.78, 5) is 24.8. The number of nitro benzene ring substituents is 1. The van der Waals surface area contributed by atoms with Crippen LogP contribution in [0.3, 0.4) is 0 Å². The van der Waals surface area contributed by atoms with Crippen LogP contribution in [0.15, 0.2) is 42.5 Å². The monoisotopic (exact) mass is 468 g/mol. The van der Waals surface area contributed by atoms with Gasteiger partial charge in [0.1, 0.15) is 16.3 Å². The van der Waals surface area contributed by atoms with E-state index in [1.807, 2.05) is 12.1 Å². The number of hydrogen-bond acceptors (Lipinski definition) is 8. The lowest BCUT2D eigenvalue weighted by molar-refractivity contribution is -0.384. The number of methoxy groups -OCH3 is 3. The topological polar surface area (TPSA) is 118 Å². The van der Waals surface area contributed by atoms with Gasteiger partial charge < -0.3 is 19.5 Å². The Balaban J connectivity index is 1.71. The number of anilines is 1. The Morgan fingerprint density at radius 3 is 2.39 bits per heavy atom. The molecule has 0 radical (unpaired) electrons. The molecule has 2 aromatic heterocycles. The van der Waals surface area contributed by atoms with Crippen molar-refractivity contribution in [2.45, 2.75) is 0 Å². The van der Waals surface area contributed by atoms with Crippen LogP contribution in [-0.4, -0.2) is 41.9 Å². The van der Waals surface area contributed by atoms with Gasteiger partial charge >= 0.3 is 0 Å². The number of rotatable bonds is 7. The molecule has 2 aromatic carbocycles. The molecule has 4 aromatic rings. The highest BCUT2D eigenvalue weighted by Gasteiger charge is 2.21. The zero-order valence-corrected chi connectivity index (χ0v) is 19.1. The van der Waals surface area contributed by atoms with E-state index in [4.69, 9.17) is 14.2 Å². The fraction of sp³-hybridized carbons (Fsp3) is 0.182. The van der Waals surface area contributed by atoms with Crippen LogP contribution in [0, 0.1) is 10.1 Å². The summed E-state index contributed by atoms with van der Waals surface area (Å²) < 4.78 is 17.6. The summed E-state index contributed by atoms with van der Waals surface area (Å²) in [5.41, 5.74) is 1.56. The molecule has 0 spiro atoms. The number of nitrogens with zero attached hydrogens (tertiary/aromatic N) is 3. The molecule has 10 nitrogen and oxygen atoms in total. The molecule has 33 heavy (non-hydrogen) atoms. The van der Waals surface area contributed by atoms with Crippen LogP contribution in [0.2, 0.25) is 0 Å². The third kappa shape index (κ3) is 4.05. The van der Waals surface area contributed by atoms with Crippen LogP contribution in [0.1, 0.15) is 9.67 Å². The first kappa shape index (κ1) is 22.1. The van der Waals surface area contributed by atoms with Crippen LogP contribution in [-0.2, 0) is 7.05 Å². The Hall–Kier alpha value is -4.12. The van der Waals surface area contributed by atoms with Gasteiger partial charge in [-0.1, -0.05) is 0 Å². The minimum Gasteiger partial charge on any atom is -0.495 e. The average Bonchev–Trinajstić information content (AvgIpc) is 3.39. The van der Waals surface area contributed by atoms with Gasteiger partial charge in [-0.25, -0.2) is 0 Å². The number of thiophene rings is 1. The molecule has 0 fully saturated rings. The summed E-state index contributed by atoms with van der Waals surface area (Å²) >= 11 is 1.27. The zero-order valence-electron chi connectivity index (χ0n) is 18.2. The van der Waals surface area contributed by atoms with Gasteiger partial charge in [-0.05, 0) is 30.3 Å². The van der Waals surface area contributed by atoms with Gasteiger partial charge in [0.05, 0.1) is 36.8 Å². The number of carbonyl (C=O) groups is 1. The predicted octanol–water partition coefficient (Wildman–Crippen LogP) is 4.49. The summed E-state index contributed by atoms with van der Waals surface area (Å²) in [6.45, 7) is 0. The fourth-order valence-corrected chi connectivity index (χ4v) is 4.41. The molecule has 0 aliphatic rings. The Labute approximate surface area is 192 Å². The van der Waals surface area contributed by atoms with E-state index in [1.54, 1.807) is 38.1 Å². The number of carbonyl (C=O) groups excluding carboxylic acids is 1. The lowest BCUT2D eigenvalue weighted by atomic mass is 10.1. The van der Waals surface area contributed by atoms with Crippen molar-refractivity contribution in [3.8, 4) is 28.5 Å². The van der Waals surface area contributed by atoms with Crippen molar-refractivity contribution < 1.29 is 23.9 Å². The number of amides is 1. The highest BCUT2D eigenvalue weighted by molar-refractivity contribution is 7.20. The highest BCUT2D eigenvalue weighted by atomic mass is 32.1. The summed E-state index contributed by atoms with van der Waals surface area (Å²) in [6, 6.07) is 11.3. The first-order chi connectivity index (χ1) is 15.9. The van der Waals surface area contributed by atoms with E-state index in [0.717, 1.165) is 15.8 Å².